The van der Waals surface area contributed by atoms with Crippen molar-refractivity contribution in [2.75, 3.05) is 23.7 Å². The minimum absolute atomic E-state index is 0.0342. The summed E-state index contributed by atoms with van der Waals surface area (Å²) >= 11 is 1.73. The van der Waals surface area contributed by atoms with Crippen molar-refractivity contribution in [1.29, 1.82) is 0 Å². The number of carboxylic acid groups (broad SMARTS) is 1. The quantitative estimate of drug-likeness (QED) is 0.867. The molecule has 1 amide bonds. The van der Waals surface area contributed by atoms with E-state index in [1.54, 1.807) is 16.7 Å². The summed E-state index contributed by atoms with van der Waals surface area (Å²) in [4.78, 5) is 25.7. The number of thioether (sulfide) groups is 1. The molecular weight excluding hydrogens is 264 g/mol. The number of amides is 1. The van der Waals surface area contributed by atoms with Crippen molar-refractivity contribution >= 4 is 29.3 Å². The van der Waals surface area contributed by atoms with Crippen molar-refractivity contribution in [3.05, 3.63) is 24.3 Å². The van der Waals surface area contributed by atoms with E-state index in [9.17, 15) is 9.59 Å². The normalized spacial score (nSPS) is 15.7. The highest BCUT2D eigenvalue weighted by atomic mass is 32.2. The van der Waals surface area contributed by atoms with Gasteiger partial charge in [-0.3, -0.25) is 14.9 Å². The topological polar surface area (TPSA) is 69.6 Å². The van der Waals surface area contributed by atoms with Gasteiger partial charge in [0.05, 0.1) is 12.2 Å². The van der Waals surface area contributed by atoms with Gasteiger partial charge in [0.1, 0.15) is 6.04 Å². The Morgan fingerprint density at radius 1 is 1.47 bits per heavy atom. The number of para-hydroxylation sites is 1. The molecule has 1 aliphatic rings. The third-order valence-electron chi connectivity index (χ3n) is 2.96. The van der Waals surface area contributed by atoms with Gasteiger partial charge in [-0.1, -0.05) is 12.1 Å². The summed E-state index contributed by atoms with van der Waals surface area (Å²) in [6.45, 7) is 2.21. The summed E-state index contributed by atoms with van der Waals surface area (Å²) in [7, 11) is 0. The standard InChI is InChI=1S/C13H16N2O3S/c1-9(13(17)18)14-8-12(16)15-6-7-19-11-5-3-2-4-10(11)15/h2-5,9,14H,6-8H2,1H3,(H,17,18). The van der Waals surface area contributed by atoms with E-state index < -0.39 is 12.0 Å². The maximum atomic E-state index is 12.1. The lowest BCUT2D eigenvalue weighted by Crippen LogP contribution is -2.45. The van der Waals surface area contributed by atoms with Crippen LogP contribution in [-0.2, 0) is 9.59 Å². The van der Waals surface area contributed by atoms with E-state index in [1.165, 1.54) is 6.92 Å². The highest BCUT2D eigenvalue weighted by Gasteiger charge is 2.23. The maximum absolute atomic E-state index is 12.1. The van der Waals surface area contributed by atoms with E-state index in [4.69, 9.17) is 5.11 Å². The summed E-state index contributed by atoms with van der Waals surface area (Å²) in [5.74, 6) is -0.194. The minimum Gasteiger partial charge on any atom is -0.480 e. The van der Waals surface area contributed by atoms with Crippen molar-refractivity contribution < 1.29 is 14.7 Å². The molecular formula is C13H16N2O3S. The third-order valence-corrected chi connectivity index (χ3v) is 4.00. The summed E-state index contributed by atoms with van der Waals surface area (Å²) in [5, 5.41) is 11.5. The Morgan fingerprint density at radius 3 is 2.95 bits per heavy atom. The van der Waals surface area contributed by atoms with Crippen LogP contribution >= 0.6 is 11.8 Å². The molecule has 1 aliphatic heterocycles. The lowest BCUT2D eigenvalue weighted by Gasteiger charge is -2.29. The van der Waals surface area contributed by atoms with Crippen LogP contribution in [0.4, 0.5) is 5.69 Å². The van der Waals surface area contributed by atoms with E-state index in [0.717, 1.165) is 16.3 Å². The lowest BCUT2D eigenvalue weighted by atomic mass is 10.2. The Bertz CT molecular complexity index is 493. The molecule has 1 aromatic carbocycles. The van der Waals surface area contributed by atoms with Crippen molar-refractivity contribution in [3.8, 4) is 0 Å². The van der Waals surface area contributed by atoms with Crippen molar-refractivity contribution in [2.24, 2.45) is 0 Å². The highest BCUT2D eigenvalue weighted by molar-refractivity contribution is 7.99. The molecule has 0 radical (unpaired) electrons. The molecule has 6 heteroatoms. The lowest BCUT2D eigenvalue weighted by molar-refractivity contribution is -0.139. The van der Waals surface area contributed by atoms with Gasteiger partial charge >= 0.3 is 5.97 Å². The van der Waals surface area contributed by atoms with Crippen molar-refractivity contribution in [1.82, 2.24) is 5.32 Å². The van der Waals surface area contributed by atoms with Crippen LogP contribution in [0.1, 0.15) is 6.92 Å². The van der Waals surface area contributed by atoms with Gasteiger partial charge in [0.2, 0.25) is 5.91 Å². The first-order valence-electron chi connectivity index (χ1n) is 6.08. The summed E-state index contributed by atoms with van der Waals surface area (Å²) in [6, 6.07) is 7.04. The molecule has 0 aromatic heterocycles. The van der Waals surface area contributed by atoms with E-state index in [2.05, 4.69) is 5.32 Å². The second-order valence-corrected chi connectivity index (χ2v) is 5.44. The second-order valence-electron chi connectivity index (χ2n) is 4.30. The molecule has 2 N–H and O–H groups in total. The number of hydrogen-bond donors (Lipinski definition) is 2. The number of aliphatic carboxylic acids is 1. The predicted octanol–water partition coefficient (Wildman–Crippen LogP) is 1.19. The minimum atomic E-state index is -0.956. The van der Waals surface area contributed by atoms with E-state index in [1.807, 2.05) is 24.3 Å². The fourth-order valence-electron chi connectivity index (χ4n) is 1.85. The summed E-state index contributed by atoms with van der Waals surface area (Å²) in [5.41, 5.74) is 0.911. The molecule has 102 valence electrons. The van der Waals surface area contributed by atoms with Crippen LogP contribution in [0.15, 0.2) is 29.2 Å². The Balaban J connectivity index is 2.03. The van der Waals surface area contributed by atoms with Gasteiger partial charge < -0.3 is 10.0 Å². The molecule has 0 saturated heterocycles. The number of hydrogen-bond acceptors (Lipinski definition) is 4. The number of rotatable bonds is 4. The molecule has 0 fully saturated rings. The molecule has 0 aliphatic carbocycles. The van der Waals surface area contributed by atoms with E-state index in [-0.39, 0.29) is 12.5 Å². The van der Waals surface area contributed by atoms with Crippen LogP contribution < -0.4 is 10.2 Å². The first-order chi connectivity index (χ1) is 9.09. The van der Waals surface area contributed by atoms with Crippen molar-refractivity contribution in [2.45, 2.75) is 17.9 Å². The van der Waals surface area contributed by atoms with Crippen molar-refractivity contribution in [3.63, 3.8) is 0 Å². The van der Waals surface area contributed by atoms with Gasteiger partial charge in [-0.15, -0.1) is 11.8 Å². The van der Waals surface area contributed by atoms with Crippen LogP contribution in [0.5, 0.6) is 0 Å². The molecule has 2 rings (SSSR count). The molecule has 0 bridgehead atoms. The van der Waals surface area contributed by atoms with Crippen LogP contribution in [0.2, 0.25) is 0 Å². The Morgan fingerprint density at radius 2 is 2.21 bits per heavy atom. The molecule has 1 atom stereocenters. The summed E-state index contributed by atoms with van der Waals surface area (Å²) < 4.78 is 0. The Hall–Kier alpha value is -1.53. The highest BCUT2D eigenvalue weighted by Crippen LogP contribution is 2.34. The maximum Gasteiger partial charge on any atom is 0.320 e. The van der Waals surface area contributed by atoms with Crippen LogP contribution in [0.3, 0.4) is 0 Å². The zero-order valence-corrected chi connectivity index (χ0v) is 11.4. The SMILES string of the molecule is CC(NCC(=O)N1CCSc2ccccc21)C(=O)O. The smallest absolute Gasteiger partial charge is 0.320 e. The van der Waals surface area contributed by atoms with Gasteiger partial charge in [0, 0.05) is 17.2 Å². The van der Waals surface area contributed by atoms with E-state index >= 15 is 0 Å². The van der Waals surface area contributed by atoms with Crippen LogP contribution in [0.25, 0.3) is 0 Å². The number of benzene rings is 1. The number of nitrogens with zero attached hydrogens (tertiary/aromatic N) is 1. The number of anilines is 1. The van der Waals surface area contributed by atoms with Gasteiger partial charge in [-0.2, -0.15) is 0 Å². The van der Waals surface area contributed by atoms with Gasteiger partial charge in [-0.25, -0.2) is 0 Å². The Kier molecular flexibility index (Phi) is 4.44. The van der Waals surface area contributed by atoms with Crippen LogP contribution in [-0.4, -0.2) is 41.9 Å². The molecule has 1 aromatic rings. The van der Waals surface area contributed by atoms with Gasteiger partial charge in [0.15, 0.2) is 0 Å². The zero-order valence-electron chi connectivity index (χ0n) is 10.6. The largest absolute Gasteiger partial charge is 0.480 e. The number of carbonyl (C=O) groups is 2. The van der Waals surface area contributed by atoms with Gasteiger partial charge in [0.25, 0.3) is 0 Å². The number of fused-ring (bicyclic) bond motifs is 1. The van der Waals surface area contributed by atoms with E-state index in [0.29, 0.717) is 6.54 Å². The fraction of sp³-hybridized carbons (Fsp3) is 0.385. The number of nitrogens with one attached hydrogen (secondary N) is 1. The molecule has 1 unspecified atom stereocenters. The summed E-state index contributed by atoms with van der Waals surface area (Å²) in [6.07, 6.45) is 0. The average Bonchev–Trinajstić information content (AvgIpc) is 2.43. The van der Waals surface area contributed by atoms with Gasteiger partial charge in [-0.05, 0) is 19.1 Å². The Labute approximate surface area is 116 Å². The zero-order chi connectivity index (χ0) is 13.8. The third kappa shape index (κ3) is 3.27. The molecule has 1 heterocycles. The molecule has 5 nitrogen and oxygen atoms in total. The second kappa shape index (κ2) is 6.08. The fourth-order valence-corrected chi connectivity index (χ4v) is 2.85. The monoisotopic (exact) mass is 280 g/mol. The number of carbonyl (C=O) groups excluding carboxylic acids is 1. The first kappa shape index (κ1) is 13.9. The first-order valence-corrected chi connectivity index (χ1v) is 7.06. The van der Waals surface area contributed by atoms with Crippen LogP contribution in [0, 0.1) is 0 Å². The average molecular weight is 280 g/mol. The molecule has 0 saturated carbocycles. The number of carboxylic acids is 1. The molecule has 19 heavy (non-hydrogen) atoms. The predicted molar refractivity (Wildman–Crippen MR) is 74.6 cm³/mol. The molecule has 0 spiro atoms.